The van der Waals surface area contributed by atoms with E-state index in [1.807, 2.05) is 0 Å². The van der Waals surface area contributed by atoms with Crippen LogP contribution in [-0.2, 0) is 17.8 Å². The molecule has 0 atom stereocenters. The summed E-state index contributed by atoms with van der Waals surface area (Å²) >= 11 is 0. The Morgan fingerprint density at radius 3 is 1.38 bits per heavy atom. The van der Waals surface area contributed by atoms with E-state index in [4.69, 9.17) is 28.8 Å². The Labute approximate surface area is 95.2 Å². The summed E-state index contributed by atoms with van der Waals surface area (Å²) in [4.78, 5) is 47.6. The van der Waals surface area contributed by atoms with Crippen LogP contribution in [-0.4, -0.2) is 61.9 Å². The normalized spacial score (nSPS) is 10.9. The fourth-order valence-corrected chi connectivity index (χ4v) is 1.48. The third-order valence-electron chi connectivity index (χ3n) is 0.535. The first kappa shape index (κ1) is 21.4. The molecule has 0 heterocycles. The first-order valence-corrected chi connectivity index (χ1v) is 7.89. The van der Waals surface area contributed by atoms with Gasteiger partial charge in [-0.25, -0.2) is 13.3 Å². The van der Waals surface area contributed by atoms with E-state index in [1.54, 1.807) is 6.92 Å². The van der Waals surface area contributed by atoms with Crippen LogP contribution in [0.5, 0.6) is 0 Å². The van der Waals surface area contributed by atoms with E-state index in [0.717, 1.165) is 0 Å². The standard InChI is InChI=1S/C2H8O4Si.BH3.H3O6PSi/c1-2-6-7(3,4)5;;1-7(2)6-8(3,4)5/h3-5H,2H2,1H3;1H3;3-5H. The fourth-order valence-electron chi connectivity index (χ4n) is 0.294. The number of hydrogen-bond donors (Lipinski definition) is 6. The average molecular weight is 296 g/mol. The van der Waals surface area contributed by atoms with Crippen LogP contribution in [0.2, 0.25) is 0 Å². The topological polar surface area (TPSA) is 174 Å². The molecule has 6 N–H and O–H groups in total. The molecule has 0 spiro atoms. The van der Waals surface area contributed by atoms with Crippen LogP contribution in [0.4, 0.5) is 0 Å². The van der Waals surface area contributed by atoms with Crippen LogP contribution in [0.3, 0.4) is 0 Å². The molecule has 0 radical (unpaired) electrons. The molecular weight excluding hydrogens is 282 g/mol. The Morgan fingerprint density at radius 1 is 1.00 bits per heavy atom. The van der Waals surface area contributed by atoms with Crippen LogP contribution >= 0.6 is 7.91 Å². The van der Waals surface area contributed by atoms with Gasteiger partial charge in [0.05, 0.1) is 8.41 Å². The van der Waals surface area contributed by atoms with Gasteiger partial charge in [0.15, 0.2) is 0 Å². The van der Waals surface area contributed by atoms with Crippen molar-refractivity contribution in [1.82, 2.24) is 0 Å². The quantitative estimate of drug-likeness (QED) is 0.220. The Hall–Kier alpha value is 0.0787. The highest BCUT2D eigenvalue weighted by Crippen LogP contribution is 2.08. The molecule has 0 bridgehead atoms. The highest BCUT2D eigenvalue weighted by Gasteiger charge is 2.33. The molecule has 0 saturated heterocycles. The van der Waals surface area contributed by atoms with Gasteiger partial charge in [0.2, 0.25) is 0 Å². The molecule has 0 unspecified atom stereocenters. The van der Waals surface area contributed by atoms with Crippen molar-refractivity contribution in [2.45, 2.75) is 6.92 Å². The van der Waals surface area contributed by atoms with Crippen LogP contribution in [0.15, 0.2) is 0 Å². The number of hydrogen-bond acceptors (Lipinski definition) is 10. The van der Waals surface area contributed by atoms with Crippen molar-refractivity contribution >= 4 is 34.4 Å². The Kier molecular flexibility index (Phi) is 12.2. The van der Waals surface area contributed by atoms with Crippen molar-refractivity contribution in [2.75, 3.05) is 6.61 Å². The smallest absolute Gasteiger partial charge is 0.368 e. The van der Waals surface area contributed by atoms with Crippen molar-refractivity contribution in [3.63, 3.8) is 0 Å². The minimum atomic E-state index is -4.82. The Balaban J connectivity index is -0.000000200. The molecule has 0 rings (SSSR count). The lowest BCUT2D eigenvalue weighted by Crippen LogP contribution is -2.38. The molecule has 0 saturated carbocycles. The summed E-state index contributed by atoms with van der Waals surface area (Å²) < 4.78 is 26.0. The maximum atomic E-state index is 9.38. The highest BCUT2D eigenvalue weighted by atomic mass is 31.1. The summed E-state index contributed by atoms with van der Waals surface area (Å²) in [7, 11) is -12.4. The van der Waals surface area contributed by atoms with Crippen LogP contribution in [0, 0.1) is 0 Å². The molecule has 16 heavy (non-hydrogen) atoms. The zero-order valence-electron chi connectivity index (χ0n) is 7.47. The molecular formula is C2H14BO10PSi2. The molecule has 98 valence electrons. The molecule has 10 nitrogen and oxygen atoms in total. The van der Waals surface area contributed by atoms with Gasteiger partial charge in [-0.2, -0.15) is 0 Å². The predicted molar refractivity (Wildman–Crippen MR) is 55.8 cm³/mol. The van der Waals surface area contributed by atoms with Gasteiger partial charge >= 0.3 is 26.0 Å². The first-order valence-electron chi connectivity index (χ1n) is 3.29. The summed E-state index contributed by atoms with van der Waals surface area (Å²) in [5, 5.41) is 0. The van der Waals surface area contributed by atoms with Crippen molar-refractivity contribution in [3.8, 4) is 0 Å². The zero-order valence-corrected chi connectivity index (χ0v) is 10.4. The SMILES string of the molecule is B.CCO[Si](O)(O)O.O=P(=O)O[Si](O)(O)O. The van der Waals surface area contributed by atoms with Crippen LogP contribution in [0.25, 0.3) is 0 Å². The Bertz CT molecular complexity index is 222. The van der Waals surface area contributed by atoms with Gasteiger partial charge in [-0.05, 0) is 6.92 Å². The second kappa shape index (κ2) is 9.14. The molecule has 0 aliphatic carbocycles. The molecule has 0 amide bonds. The lowest BCUT2D eigenvalue weighted by Gasteiger charge is -2.05. The molecule has 0 aromatic rings. The zero-order chi connectivity index (χ0) is 12.7. The monoisotopic (exact) mass is 296 g/mol. The molecule has 0 aliphatic rings. The van der Waals surface area contributed by atoms with Gasteiger partial charge in [-0.1, -0.05) is 0 Å². The minimum absolute atomic E-state index is 0. The van der Waals surface area contributed by atoms with Gasteiger partial charge in [0.25, 0.3) is 0 Å². The van der Waals surface area contributed by atoms with Crippen molar-refractivity contribution < 1.29 is 46.5 Å². The largest absolute Gasteiger partial charge is 0.683 e. The number of rotatable bonds is 4. The van der Waals surface area contributed by atoms with Gasteiger partial charge in [-0.15, -0.1) is 0 Å². The third kappa shape index (κ3) is 29.2. The Morgan fingerprint density at radius 2 is 1.38 bits per heavy atom. The van der Waals surface area contributed by atoms with E-state index in [0.29, 0.717) is 0 Å². The van der Waals surface area contributed by atoms with E-state index in [-0.39, 0.29) is 15.0 Å². The van der Waals surface area contributed by atoms with Gasteiger partial charge < -0.3 is 33.2 Å². The van der Waals surface area contributed by atoms with Gasteiger partial charge in [0, 0.05) is 6.61 Å². The third-order valence-corrected chi connectivity index (χ3v) is 2.79. The molecule has 0 aliphatic heterocycles. The van der Waals surface area contributed by atoms with E-state index in [1.165, 1.54) is 0 Å². The molecule has 0 aromatic carbocycles. The van der Waals surface area contributed by atoms with Crippen LogP contribution < -0.4 is 0 Å². The summed E-state index contributed by atoms with van der Waals surface area (Å²) in [5.74, 6) is 0. The minimum Gasteiger partial charge on any atom is -0.368 e. The van der Waals surface area contributed by atoms with Gasteiger partial charge in [0.1, 0.15) is 0 Å². The van der Waals surface area contributed by atoms with E-state index in [2.05, 4.69) is 8.64 Å². The molecule has 0 aromatic heterocycles. The molecule has 14 heteroatoms. The van der Waals surface area contributed by atoms with E-state index >= 15 is 0 Å². The fraction of sp³-hybridized carbons (Fsp3) is 1.00. The lowest BCUT2D eigenvalue weighted by atomic mass is 10.8. The highest BCUT2D eigenvalue weighted by molar-refractivity contribution is 7.26. The first-order chi connectivity index (χ1) is 6.48. The maximum Gasteiger partial charge on any atom is 0.683 e. The lowest BCUT2D eigenvalue weighted by molar-refractivity contribution is 0.0686. The summed E-state index contributed by atoms with van der Waals surface area (Å²) in [6.07, 6.45) is 0. The van der Waals surface area contributed by atoms with Crippen molar-refractivity contribution in [2.24, 2.45) is 0 Å². The van der Waals surface area contributed by atoms with E-state index < -0.39 is 26.0 Å². The predicted octanol–water partition coefficient (Wildman–Crippen LogP) is -4.25. The van der Waals surface area contributed by atoms with Crippen molar-refractivity contribution in [1.29, 1.82) is 0 Å². The van der Waals surface area contributed by atoms with Gasteiger partial charge in [-0.3, -0.25) is 0 Å². The second-order valence-corrected chi connectivity index (χ2v) is 5.66. The van der Waals surface area contributed by atoms with E-state index in [9.17, 15) is 9.13 Å². The average Bonchev–Trinajstić information content (AvgIpc) is 1.77. The van der Waals surface area contributed by atoms with Crippen LogP contribution in [0.1, 0.15) is 6.92 Å². The summed E-state index contributed by atoms with van der Waals surface area (Å²) in [6.45, 7) is 1.68. The molecule has 0 fully saturated rings. The summed E-state index contributed by atoms with van der Waals surface area (Å²) in [6, 6.07) is 0. The van der Waals surface area contributed by atoms with Crippen molar-refractivity contribution in [3.05, 3.63) is 0 Å². The summed E-state index contributed by atoms with van der Waals surface area (Å²) in [5.41, 5.74) is 0. The maximum absolute atomic E-state index is 9.38. The second-order valence-electron chi connectivity index (χ2n) is 1.90.